The number of ether oxygens (including phenoxy) is 4. The lowest BCUT2D eigenvalue weighted by atomic mass is 9.92. The number of pyridine rings is 1. The number of carbonyl (C=O) groups excluding carboxylic acids is 8. The first-order valence-electron chi connectivity index (χ1n) is 24.6. The predicted octanol–water partition coefficient (Wildman–Crippen LogP) is 3.39. The molecule has 1 fully saturated rings. The smallest absolute Gasteiger partial charge is 0.347 e. The molecule has 0 radical (unpaired) electrons. The van der Waals surface area contributed by atoms with E-state index in [0.717, 1.165) is 28.1 Å². The largest absolute Gasteiger partial charge is 0.462 e. The van der Waals surface area contributed by atoms with Gasteiger partial charge < -0.3 is 40.0 Å². The molecule has 3 aliphatic heterocycles. The predicted molar refractivity (Wildman–Crippen MR) is 264 cm³/mol. The second-order valence-corrected chi connectivity index (χ2v) is 18.3. The molecule has 1 aromatic heterocycles. The number of anilines is 1. The molecule has 4 amide bonds. The van der Waals surface area contributed by atoms with E-state index in [-0.39, 0.29) is 75.0 Å². The van der Waals surface area contributed by atoms with E-state index in [1.165, 1.54) is 12.2 Å². The summed E-state index contributed by atoms with van der Waals surface area (Å²) in [5.41, 5.74) is 11.1. The molecule has 1 atom stereocenters. The number of amidine groups is 1. The van der Waals surface area contributed by atoms with Gasteiger partial charge in [0.15, 0.2) is 13.2 Å². The summed E-state index contributed by atoms with van der Waals surface area (Å²) in [4.78, 5) is 115. The number of esters is 4. The van der Waals surface area contributed by atoms with Gasteiger partial charge in [0.1, 0.15) is 12.4 Å². The highest BCUT2D eigenvalue weighted by atomic mass is 16.6. The molecule has 1 saturated carbocycles. The highest BCUT2D eigenvalue weighted by Gasteiger charge is 2.51. The summed E-state index contributed by atoms with van der Waals surface area (Å²) in [5.74, 6) is -4.30. The van der Waals surface area contributed by atoms with Crippen LogP contribution in [0.25, 0.3) is 6.08 Å². The van der Waals surface area contributed by atoms with Crippen LogP contribution in [0.2, 0.25) is 0 Å². The van der Waals surface area contributed by atoms with Crippen molar-refractivity contribution >= 4 is 70.8 Å². The molecule has 0 saturated heterocycles. The van der Waals surface area contributed by atoms with Crippen molar-refractivity contribution in [1.29, 1.82) is 0 Å². The van der Waals surface area contributed by atoms with Crippen molar-refractivity contribution < 1.29 is 62.4 Å². The van der Waals surface area contributed by atoms with Crippen LogP contribution in [0.1, 0.15) is 86.2 Å². The number of aliphatic hydroxyl groups excluding tert-OH is 1. The number of hydrogen-bond acceptors (Lipinski definition) is 17. The lowest BCUT2D eigenvalue weighted by Crippen LogP contribution is -2.37. The normalized spacial score (nSPS) is 15.9. The highest BCUT2D eigenvalue weighted by molar-refractivity contribution is 6.13. The van der Waals surface area contributed by atoms with Crippen LogP contribution in [0, 0.1) is 0 Å². The van der Waals surface area contributed by atoms with Gasteiger partial charge in [0.2, 0.25) is 17.9 Å². The number of amides is 4. The molecule has 4 aliphatic rings. The van der Waals surface area contributed by atoms with Crippen LogP contribution >= 0.6 is 0 Å². The quantitative estimate of drug-likeness (QED) is 0.0475. The topological polar surface area (TPSA) is 267 Å². The number of nitrogens with zero attached hydrogens (tertiary/aromatic N) is 5. The van der Waals surface area contributed by atoms with Gasteiger partial charge in [-0.2, -0.15) is 0 Å². The average molecular weight is 1000 g/mol. The molecule has 20 heteroatoms. The number of nitrogens with one attached hydrogen (secondary N) is 1. The van der Waals surface area contributed by atoms with E-state index in [9.17, 15) is 43.5 Å². The third-order valence-corrected chi connectivity index (χ3v) is 12.9. The molecular weight excluding hydrogens is 943 g/mol. The number of imide groups is 1. The molecule has 386 valence electrons. The Morgan fingerprint density at radius 1 is 0.890 bits per heavy atom. The highest BCUT2D eigenvalue weighted by Crippen LogP contribution is 2.50. The van der Waals surface area contributed by atoms with Crippen molar-refractivity contribution in [3.8, 4) is 0 Å². The third kappa shape index (κ3) is 14.5. The Hall–Kier alpha value is -7.58. The number of fused-ring (bicyclic) bond motifs is 2. The van der Waals surface area contributed by atoms with Gasteiger partial charge >= 0.3 is 23.9 Å². The van der Waals surface area contributed by atoms with E-state index >= 15 is 0 Å². The van der Waals surface area contributed by atoms with E-state index in [4.69, 9.17) is 24.7 Å². The van der Waals surface area contributed by atoms with Crippen LogP contribution in [0.15, 0.2) is 83.5 Å². The molecule has 0 bridgehead atoms. The molecule has 7 rings (SSSR count). The summed E-state index contributed by atoms with van der Waals surface area (Å²) in [5, 5.41) is 12.6. The second kappa shape index (κ2) is 25.2. The van der Waals surface area contributed by atoms with Crippen molar-refractivity contribution in [2.24, 2.45) is 10.7 Å². The number of benzene rings is 2. The van der Waals surface area contributed by atoms with Crippen LogP contribution in [0.4, 0.5) is 11.4 Å². The van der Waals surface area contributed by atoms with Gasteiger partial charge in [0, 0.05) is 93.9 Å². The minimum atomic E-state index is -1.35. The number of aromatic nitrogens is 1. The summed E-state index contributed by atoms with van der Waals surface area (Å²) in [6.07, 6.45) is 8.71. The monoisotopic (exact) mass is 1000 g/mol. The van der Waals surface area contributed by atoms with Gasteiger partial charge in [0.25, 0.3) is 11.8 Å². The number of carbonyl (C=O) groups is 8. The van der Waals surface area contributed by atoms with Crippen LogP contribution < -0.4 is 11.1 Å². The zero-order chi connectivity index (χ0) is 51.9. The lowest BCUT2D eigenvalue weighted by molar-refractivity contribution is -0.174. The number of nitrogens with two attached hydrogens (primary N) is 1. The molecule has 0 spiro atoms. The molecule has 0 unspecified atom stereocenters. The van der Waals surface area contributed by atoms with Gasteiger partial charge in [-0.1, -0.05) is 55.8 Å². The zero-order valence-electron chi connectivity index (χ0n) is 40.9. The fourth-order valence-corrected chi connectivity index (χ4v) is 8.82. The van der Waals surface area contributed by atoms with Crippen LogP contribution in [-0.4, -0.2) is 143 Å². The molecule has 3 aromatic rings. The van der Waals surface area contributed by atoms with Gasteiger partial charge in [-0.25, -0.2) is 19.4 Å². The lowest BCUT2D eigenvalue weighted by Gasteiger charge is -2.28. The first kappa shape index (κ1) is 53.2. The minimum absolute atomic E-state index is 0.00265. The number of rotatable bonds is 25. The molecule has 73 heavy (non-hydrogen) atoms. The second-order valence-electron chi connectivity index (χ2n) is 18.3. The fourth-order valence-electron chi connectivity index (χ4n) is 8.82. The molecule has 2 aromatic carbocycles. The maximum atomic E-state index is 14.0. The van der Waals surface area contributed by atoms with Crippen molar-refractivity contribution in [3.05, 3.63) is 106 Å². The molecule has 20 nitrogen and oxygen atoms in total. The number of unbranched alkanes of at least 4 members (excludes halogenated alkanes) is 2. The van der Waals surface area contributed by atoms with Crippen molar-refractivity contribution in [2.45, 2.75) is 89.2 Å². The Balaban J connectivity index is 0.865. The van der Waals surface area contributed by atoms with Crippen LogP contribution in [-0.2, 0) is 82.1 Å². The molecular formula is C53H61N7O13. The fraction of sp³-hybridized carbons (Fsp3) is 0.434. The Morgan fingerprint density at radius 3 is 2.38 bits per heavy atom. The first-order chi connectivity index (χ1) is 35.2. The van der Waals surface area contributed by atoms with Crippen molar-refractivity contribution in [1.82, 2.24) is 19.7 Å². The van der Waals surface area contributed by atoms with Gasteiger partial charge in [-0.3, -0.25) is 38.8 Å². The standard InChI is InChI=1S/C53H61N7O13/c1-2-19-59(22-24-61)50(67)37-27-36-12-13-39(30-42(36)57-44(54)29-37)53(17-18-53)52(69)56-40-28-38-32-58(21-16-41(38)55-31-40)23-25-70-51(68)43(26-35-9-5-3-6-10-35)73-49(66)34-72-48(65)33-71-47(64)11-7-4-8-20-60-45(62)14-15-46(60)63/h3,5-6,9-10,12-15,27-28,30-31,43,61H,2,4,7-8,11,16-26,29,32-34H2,1H3,(H2,54,57)(H,56,69)/t43-/m0/s1. The summed E-state index contributed by atoms with van der Waals surface area (Å²) in [7, 11) is 0. The summed E-state index contributed by atoms with van der Waals surface area (Å²) < 4.78 is 20.9. The van der Waals surface area contributed by atoms with Gasteiger partial charge in [-0.05, 0) is 67.0 Å². The Kier molecular flexibility index (Phi) is 18.4. The Labute approximate surface area is 422 Å². The van der Waals surface area contributed by atoms with E-state index in [1.54, 1.807) is 47.5 Å². The van der Waals surface area contributed by atoms with E-state index < -0.39 is 48.6 Å². The van der Waals surface area contributed by atoms with Gasteiger partial charge in [0.05, 0.1) is 29.6 Å². The number of hydrogen-bond donors (Lipinski definition) is 3. The SMILES string of the molecule is CCCN(CCO)C(=O)C1=Cc2ccc(C3(C(=O)Nc4cnc5c(c4)CN(CCOC(=O)[C@H](Cc4ccccc4)OC(=O)COC(=O)COC(=O)CCCCCN4C(=O)C=CC4=O)CC5)CC3)cc2N=C(N)C1. The van der Waals surface area contributed by atoms with Gasteiger partial charge in [-0.15, -0.1) is 0 Å². The summed E-state index contributed by atoms with van der Waals surface area (Å²) in [6, 6.07) is 16.4. The maximum absolute atomic E-state index is 14.0. The maximum Gasteiger partial charge on any atom is 0.347 e. The minimum Gasteiger partial charge on any atom is -0.462 e. The van der Waals surface area contributed by atoms with E-state index in [2.05, 4.69) is 20.2 Å². The average Bonchev–Trinajstić information content (AvgIpc) is 4.16. The zero-order valence-corrected chi connectivity index (χ0v) is 40.9. The van der Waals surface area contributed by atoms with Crippen LogP contribution in [0.5, 0.6) is 0 Å². The summed E-state index contributed by atoms with van der Waals surface area (Å²) in [6.45, 7) is 2.63. The Morgan fingerprint density at radius 2 is 1.64 bits per heavy atom. The summed E-state index contributed by atoms with van der Waals surface area (Å²) >= 11 is 0. The van der Waals surface area contributed by atoms with Crippen molar-refractivity contribution in [3.63, 3.8) is 0 Å². The van der Waals surface area contributed by atoms with Crippen molar-refractivity contribution in [2.75, 3.05) is 64.5 Å². The number of aliphatic hydroxyl groups is 1. The van der Waals surface area contributed by atoms with E-state index in [0.29, 0.717) is 92.8 Å². The number of aliphatic imine (C=N–C) groups is 1. The Bertz CT molecular complexity index is 2640. The van der Waals surface area contributed by atoms with E-state index in [1.807, 2.05) is 31.2 Å². The third-order valence-electron chi connectivity index (χ3n) is 12.9. The van der Waals surface area contributed by atoms with Crippen LogP contribution in [0.3, 0.4) is 0 Å². The first-order valence-corrected chi connectivity index (χ1v) is 24.6. The molecule has 1 aliphatic carbocycles. The molecule has 4 N–H and O–H groups in total. The molecule has 4 heterocycles.